The van der Waals surface area contributed by atoms with Gasteiger partial charge >= 0.3 is 0 Å². The molecular formula is C25H26BrNO4. The van der Waals surface area contributed by atoms with Crippen LogP contribution in [-0.4, -0.2) is 33.8 Å². The molecule has 0 bridgehead atoms. The predicted molar refractivity (Wildman–Crippen MR) is 123 cm³/mol. The third-order valence-corrected chi connectivity index (χ3v) is 6.39. The lowest BCUT2D eigenvalue weighted by molar-refractivity contribution is -0.141. The molecule has 1 aliphatic carbocycles. The molecule has 1 atom stereocenters. The fourth-order valence-corrected chi connectivity index (χ4v) is 4.79. The Morgan fingerprint density at radius 2 is 1.77 bits per heavy atom. The van der Waals surface area contributed by atoms with E-state index in [2.05, 4.69) is 15.9 Å². The standard InChI is InChI=1S/C25H26BrNO4/c1-15(2)31-20-9-5-6-17(14-20)22-21(23(28)16-10-12-18(26)13-11-16)24(29)25(30)27(22)19-7-3-4-8-19/h5-6,9-15,19,22,28H,3-4,7-8H2,1-2H3/b23-21-. The van der Waals surface area contributed by atoms with Crippen molar-refractivity contribution < 1.29 is 19.4 Å². The van der Waals surface area contributed by atoms with Crippen molar-refractivity contribution in [3.8, 4) is 5.75 Å². The van der Waals surface area contributed by atoms with E-state index in [1.807, 2.05) is 38.1 Å². The van der Waals surface area contributed by atoms with Crippen LogP contribution < -0.4 is 4.74 Å². The van der Waals surface area contributed by atoms with Crippen molar-refractivity contribution in [1.29, 1.82) is 0 Å². The highest BCUT2D eigenvalue weighted by molar-refractivity contribution is 9.10. The van der Waals surface area contributed by atoms with Gasteiger partial charge in [0.2, 0.25) is 0 Å². The van der Waals surface area contributed by atoms with Crippen LogP contribution in [0, 0.1) is 0 Å². The van der Waals surface area contributed by atoms with E-state index in [4.69, 9.17) is 4.74 Å². The smallest absolute Gasteiger partial charge is 0.295 e. The van der Waals surface area contributed by atoms with Crippen LogP contribution in [0.15, 0.2) is 58.6 Å². The molecule has 1 saturated heterocycles. The van der Waals surface area contributed by atoms with E-state index in [-0.39, 0.29) is 23.5 Å². The highest BCUT2D eigenvalue weighted by atomic mass is 79.9. The van der Waals surface area contributed by atoms with E-state index in [1.165, 1.54) is 0 Å². The van der Waals surface area contributed by atoms with Gasteiger partial charge in [-0.15, -0.1) is 0 Å². The van der Waals surface area contributed by atoms with Gasteiger partial charge in [0.05, 0.1) is 17.7 Å². The van der Waals surface area contributed by atoms with Gasteiger partial charge in [0.15, 0.2) is 0 Å². The van der Waals surface area contributed by atoms with Gasteiger partial charge in [-0.25, -0.2) is 0 Å². The third kappa shape index (κ3) is 4.26. The maximum Gasteiger partial charge on any atom is 0.295 e. The van der Waals surface area contributed by atoms with E-state index in [1.54, 1.807) is 29.2 Å². The van der Waals surface area contributed by atoms with Crippen molar-refractivity contribution in [3.63, 3.8) is 0 Å². The molecule has 6 heteroatoms. The highest BCUT2D eigenvalue weighted by Gasteiger charge is 2.49. The topological polar surface area (TPSA) is 66.8 Å². The molecule has 0 radical (unpaired) electrons. The number of carbonyl (C=O) groups is 2. The van der Waals surface area contributed by atoms with Crippen LogP contribution in [0.4, 0.5) is 0 Å². The summed E-state index contributed by atoms with van der Waals surface area (Å²) in [6.07, 6.45) is 3.79. The van der Waals surface area contributed by atoms with Crippen LogP contribution in [0.5, 0.6) is 5.75 Å². The minimum Gasteiger partial charge on any atom is -0.507 e. The number of hydrogen-bond donors (Lipinski definition) is 1. The zero-order valence-electron chi connectivity index (χ0n) is 17.7. The molecule has 2 aromatic rings. The number of aliphatic hydroxyl groups excluding tert-OH is 1. The van der Waals surface area contributed by atoms with E-state index in [0.29, 0.717) is 11.3 Å². The normalized spacial score (nSPS) is 21.3. The molecule has 162 valence electrons. The number of benzene rings is 2. The fraction of sp³-hybridized carbons (Fsp3) is 0.360. The van der Waals surface area contributed by atoms with Gasteiger partial charge in [0.1, 0.15) is 11.5 Å². The molecule has 1 heterocycles. The Hall–Kier alpha value is -2.60. The lowest BCUT2D eigenvalue weighted by Gasteiger charge is -2.31. The second-order valence-corrected chi connectivity index (χ2v) is 9.31. The number of amides is 1. The number of nitrogens with zero attached hydrogens (tertiary/aromatic N) is 1. The van der Waals surface area contributed by atoms with Crippen LogP contribution in [0.25, 0.3) is 5.76 Å². The maximum absolute atomic E-state index is 13.2. The van der Waals surface area contributed by atoms with E-state index in [9.17, 15) is 14.7 Å². The van der Waals surface area contributed by atoms with E-state index in [0.717, 1.165) is 35.7 Å². The monoisotopic (exact) mass is 483 g/mol. The first-order chi connectivity index (χ1) is 14.9. The average molecular weight is 484 g/mol. The molecule has 1 amide bonds. The van der Waals surface area contributed by atoms with Crippen LogP contribution in [0.1, 0.15) is 56.7 Å². The van der Waals surface area contributed by atoms with Crippen LogP contribution >= 0.6 is 15.9 Å². The van der Waals surface area contributed by atoms with Crippen LogP contribution in [0.3, 0.4) is 0 Å². The second-order valence-electron chi connectivity index (χ2n) is 8.39. The largest absolute Gasteiger partial charge is 0.507 e. The Morgan fingerprint density at radius 3 is 2.42 bits per heavy atom. The van der Waals surface area contributed by atoms with E-state index >= 15 is 0 Å². The molecule has 31 heavy (non-hydrogen) atoms. The molecule has 1 N–H and O–H groups in total. The molecule has 2 aromatic carbocycles. The summed E-state index contributed by atoms with van der Waals surface area (Å²) in [5, 5.41) is 11.1. The minimum atomic E-state index is -0.637. The molecule has 2 aliphatic rings. The lowest BCUT2D eigenvalue weighted by Crippen LogP contribution is -2.37. The highest BCUT2D eigenvalue weighted by Crippen LogP contribution is 2.44. The van der Waals surface area contributed by atoms with Crippen molar-refractivity contribution in [2.75, 3.05) is 0 Å². The number of Topliss-reactive ketones (excluding diaryl/α,β-unsaturated/α-hetero) is 1. The Kier molecular flexibility index (Phi) is 6.19. The molecule has 1 aliphatic heterocycles. The van der Waals surface area contributed by atoms with Gasteiger partial charge in [0, 0.05) is 16.1 Å². The molecule has 5 nitrogen and oxygen atoms in total. The average Bonchev–Trinajstić information content (AvgIpc) is 3.35. The minimum absolute atomic E-state index is 0.000733. The summed E-state index contributed by atoms with van der Waals surface area (Å²) in [5.41, 5.74) is 1.41. The first-order valence-corrected chi connectivity index (χ1v) is 11.5. The summed E-state index contributed by atoms with van der Waals surface area (Å²) in [4.78, 5) is 28.0. The number of ketones is 1. The first kappa shape index (κ1) is 21.6. The third-order valence-electron chi connectivity index (χ3n) is 5.86. The zero-order chi connectivity index (χ0) is 22.1. The fourth-order valence-electron chi connectivity index (χ4n) is 4.53. The number of likely N-dealkylation sites (tertiary alicyclic amines) is 1. The van der Waals surface area contributed by atoms with Crippen molar-refractivity contribution >= 4 is 33.4 Å². The summed E-state index contributed by atoms with van der Waals surface area (Å²) in [6.45, 7) is 3.90. The number of hydrogen-bond acceptors (Lipinski definition) is 4. The quantitative estimate of drug-likeness (QED) is 0.341. The van der Waals surface area contributed by atoms with Crippen molar-refractivity contribution in [2.24, 2.45) is 0 Å². The van der Waals surface area contributed by atoms with Gasteiger partial charge in [0.25, 0.3) is 11.7 Å². The Labute approximate surface area is 190 Å². The zero-order valence-corrected chi connectivity index (χ0v) is 19.3. The number of halogens is 1. The summed E-state index contributed by atoms with van der Waals surface area (Å²) in [6, 6.07) is 13.9. The van der Waals surface area contributed by atoms with Gasteiger partial charge < -0.3 is 14.7 Å². The summed E-state index contributed by atoms with van der Waals surface area (Å²) in [7, 11) is 0. The lowest BCUT2D eigenvalue weighted by atomic mass is 9.94. The van der Waals surface area contributed by atoms with Crippen LogP contribution in [-0.2, 0) is 9.59 Å². The van der Waals surface area contributed by atoms with Gasteiger partial charge in [-0.3, -0.25) is 9.59 Å². The van der Waals surface area contributed by atoms with Gasteiger partial charge in [-0.1, -0.05) is 53.0 Å². The number of ether oxygens (including phenoxy) is 1. The number of rotatable bonds is 5. The van der Waals surface area contributed by atoms with Crippen molar-refractivity contribution in [3.05, 3.63) is 69.7 Å². The first-order valence-electron chi connectivity index (χ1n) is 10.7. The molecule has 2 fully saturated rings. The van der Waals surface area contributed by atoms with Crippen molar-refractivity contribution in [2.45, 2.75) is 57.7 Å². The predicted octanol–water partition coefficient (Wildman–Crippen LogP) is 5.60. The van der Waals surface area contributed by atoms with Gasteiger partial charge in [-0.2, -0.15) is 0 Å². The Balaban J connectivity index is 1.86. The van der Waals surface area contributed by atoms with E-state index < -0.39 is 17.7 Å². The Bertz CT molecular complexity index is 1020. The molecule has 1 unspecified atom stereocenters. The summed E-state index contributed by atoms with van der Waals surface area (Å²) >= 11 is 3.39. The van der Waals surface area contributed by atoms with Gasteiger partial charge in [-0.05, 0) is 56.5 Å². The SMILES string of the molecule is CC(C)Oc1cccc(C2/C(=C(/O)c3ccc(Br)cc3)C(=O)C(=O)N2C2CCCC2)c1. The summed E-state index contributed by atoms with van der Waals surface area (Å²) in [5.74, 6) is -0.641. The van der Waals surface area contributed by atoms with Crippen molar-refractivity contribution in [1.82, 2.24) is 4.90 Å². The number of carbonyl (C=O) groups excluding carboxylic acids is 2. The molecular weight excluding hydrogens is 458 g/mol. The molecule has 0 aromatic heterocycles. The maximum atomic E-state index is 13.2. The second kappa shape index (κ2) is 8.87. The molecule has 1 saturated carbocycles. The van der Waals surface area contributed by atoms with Crippen LogP contribution in [0.2, 0.25) is 0 Å². The Morgan fingerprint density at radius 1 is 1.10 bits per heavy atom. The molecule has 0 spiro atoms. The number of aliphatic hydroxyl groups is 1. The molecule has 4 rings (SSSR count). The summed E-state index contributed by atoms with van der Waals surface area (Å²) < 4.78 is 6.72.